The van der Waals surface area contributed by atoms with Gasteiger partial charge in [-0.3, -0.25) is 0 Å². The number of hydrogen-bond acceptors (Lipinski definition) is 4. The Morgan fingerprint density at radius 2 is 1.88 bits per heavy atom. The normalized spacial score (nSPS) is 11.1. The van der Waals surface area contributed by atoms with Gasteiger partial charge in [0, 0.05) is 19.3 Å². The van der Waals surface area contributed by atoms with Crippen molar-refractivity contribution >= 4 is 23.5 Å². The molecule has 0 aliphatic rings. The lowest BCUT2D eigenvalue weighted by Crippen LogP contribution is -2.38. The highest BCUT2D eigenvalue weighted by Crippen LogP contribution is 2.07. The van der Waals surface area contributed by atoms with Crippen molar-refractivity contribution in [2.45, 2.75) is 19.9 Å². The van der Waals surface area contributed by atoms with Gasteiger partial charge in [0.2, 0.25) is 0 Å². The van der Waals surface area contributed by atoms with E-state index in [-0.39, 0.29) is 5.97 Å². The molecule has 0 spiro atoms. The van der Waals surface area contributed by atoms with Gasteiger partial charge in [-0.2, -0.15) is 0 Å². The van der Waals surface area contributed by atoms with Crippen molar-refractivity contribution in [1.82, 2.24) is 15.6 Å². The van der Waals surface area contributed by atoms with Gasteiger partial charge in [0.15, 0.2) is 5.96 Å². The van der Waals surface area contributed by atoms with E-state index in [1.165, 1.54) is 7.11 Å². The molecule has 0 saturated heterocycles. The summed E-state index contributed by atoms with van der Waals surface area (Å²) in [7, 11) is 1.37. The largest absolute Gasteiger partial charge is 0.465 e. The first-order valence-electron chi connectivity index (χ1n) is 8.42. The molecule has 1 heterocycles. The Labute approximate surface area is 158 Å². The predicted molar refractivity (Wildman–Crippen MR) is 104 cm³/mol. The van der Waals surface area contributed by atoms with Crippen molar-refractivity contribution < 1.29 is 9.53 Å². The summed E-state index contributed by atoms with van der Waals surface area (Å²) >= 11 is 5.79. The summed E-state index contributed by atoms with van der Waals surface area (Å²) in [4.78, 5) is 20.1. The molecular weight excluding hydrogens is 352 g/mol. The maximum atomic E-state index is 11.4. The van der Waals surface area contributed by atoms with Crippen LogP contribution in [0.2, 0.25) is 5.15 Å². The molecule has 2 N–H and O–H groups in total. The smallest absolute Gasteiger partial charge is 0.337 e. The lowest BCUT2D eigenvalue weighted by molar-refractivity contribution is 0.0600. The zero-order valence-corrected chi connectivity index (χ0v) is 15.7. The Kier molecular flexibility index (Phi) is 7.89. The third kappa shape index (κ3) is 6.37. The SMILES string of the molecule is CCNC(=NCc1ccc(C(=O)OC)cc1)NCCc1ccc(Cl)nc1. The highest BCUT2D eigenvalue weighted by molar-refractivity contribution is 6.29. The van der Waals surface area contributed by atoms with Gasteiger partial charge in [0.05, 0.1) is 19.2 Å². The molecule has 0 aliphatic carbocycles. The van der Waals surface area contributed by atoms with Crippen LogP contribution in [0.5, 0.6) is 0 Å². The van der Waals surface area contributed by atoms with Gasteiger partial charge in [-0.1, -0.05) is 29.8 Å². The van der Waals surface area contributed by atoms with Gasteiger partial charge in [-0.25, -0.2) is 14.8 Å². The van der Waals surface area contributed by atoms with Crippen LogP contribution in [0.3, 0.4) is 0 Å². The van der Waals surface area contributed by atoms with E-state index in [1.807, 2.05) is 25.1 Å². The number of rotatable bonds is 7. The summed E-state index contributed by atoms with van der Waals surface area (Å²) in [5.74, 6) is 0.401. The second-order valence-electron chi connectivity index (χ2n) is 5.55. The minimum atomic E-state index is -0.341. The Balaban J connectivity index is 1.89. The van der Waals surface area contributed by atoms with Crippen molar-refractivity contribution in [2.24, 2.45) is 4.99 Å². The third-order valence-corrected chi connectivity index (χ3v) is 3.86. The maximum Gasteiger partial charge on any atom is 0.337 e. The number of hydrogen-bond donors (Lipinski definition) is 2. The molecule has 2 aromatic rings. The summed E-state index contributed by atoms with van der Waals surface area (Å²) < 4.78 is 4.70. The Morgan fingerprint density at radius 3 is 2.50 bits per heavy atom. The first kappa shape index (κ1) is 19.7. The number of methoxy groups -OCH3 is 1. The van der Waals surface area contributed by atoms with Gasteiger partial charge in [-0.15, -0.1) is 0 Å². The average molecular weight is 375 g/mol. The summed E-state index contributed by atoms with van der Waals surface area (Å²) in [5, 5.41) is 7.01. The maximum absolute atomic E-state index is 11.4. The van der Waals surface area contributed by atoms with Crippen LogP contribution in [0.15, 0.2) is 47.6 Å². The molecule has 0 unspecified atom stereocenters. The number of benzene rings is 1. The monoisotopic (exact) mass is 374 g/mol. The lowest BCUT2D eigenvalue weighted by atomic mass is 10.1. The molecule has 6 nitrogen and oxygen atoms in total. The standard InChI is InChI=1S/C19H23ClN4O2/c1-3-21-19(22-11-10-15-6-9-17(20)23-12-15)24-13-14-4-7-16(8-5-14)18(25)26-2/h4-9,12H,3,10-11,13H2,1-2H3,(H2,21,22,24). The van der Waals surface area contributed by atoms with E-state index in [0.717, 1.165) is 36.6 Å². The summed E-state index contributed by atoms with van der Waals surface area (Å²) in [6.07, 6.45) is 2.60. The number of carbonyl (C=O) groups is 1. The number of nitrogens with one attached hydrogen (secondary N) is 2. The van der Waals surface area contributed by atoms with Crippen LogP contribution in [0.1, 0.15) is 28.4 Å². The molecule has 1 aromatic heterocycles. The van der Waals surface area contributed by atoms with E-state index in [2.05, 4.69) is 20.6 Å². The third-order valence-electron chi connectivity index (χ3n) is 3.63. The second-order valence-corrected chi connectivity index (χ2v) is 5.94. The summed E-state index contributed by atoms with van der Waals surface area (Å²) in [5.41, 5.74) is 2.65. The summed E-state index contributed by atoms with van der Waals surface area (Å²) in [6, 6.07) is 11.0. The zero-order chi connectivity index (χ0) is 18.8. The molecule has 2 rings (SSSR count). The Bertz CT molecular complexity index is 730. The van der Waals surface area contributed by atoms with E-state index in [0.29, 0.717) is 17.3 Å². The average Bonchev–Trinajstić information content (AvgIpc) is 2.67. The Morgan fingerprint density at radius 1 is 1.15 bits per heavy atom. The van der Waals surface area contributed by atoms with Crippen molar-refractivity contribution in [3.05, 3.63) is 64.4 Å². The molecule has 0 fully saturated rings. The van der Waals surface area contributed by atoms with Crippen LogP contribution < -0.4 is 10.6 Å². The second kappa shape index (κ2) is 10.4. The van der Waals surface area contributed by atoms with Gasteiger partial charge >= 0.3 is 5.97 Å². The fourth-order valence-electron chi connectivity index (χ4n) is 2.26. The minimum Gasteiger partial charge on any atom is -0.465 e. The molecule has 0 radical (unpaired) electrons. The van der Waals surface area contributed by atoms with Crippen LogP contribution in [0.4, 0.5) is 0 Å². The number of halogens is 1. The lowest BCUT2D eigenvalue weighted by Gasteiger charge is -2.11. The molecule has 0 saturated carbocycles. The van der Waals surface area contributed by atoms with Gasteiger partial charge < -0.3 is 15.4 Å². The number of nitrogens with zero attached hydrogens (tertiary/aromatic N) is 2. The molecule has 1 aromatic carbocycles. The number of ether oxygens (including phenoxy) is 1. The van der Waals surface area contributed by atoms with Gasteiger partial charge in [0.25, 0.3) is 0 Å². The van der Waals surface area contributed by atoms with E-state index in [9.17, 15) is 4.79 Å². The number of esters is 1. The van der Waals surface area contributed by atoms with Crippen molar-refractivity contribution in [3.8, 4) is 0 Å². The van der Waals surface area contributed by atoms with Crippen LogP contribution in [0.25, 0.3) is 0 Å². The van der Waals surface area contributed by atoms with Crippen LogP contribution in [-0.4, -0.2) is 37.1 Å². The zero-order valence-electron chi connectivity index (χ0n) is 15.0. The first-order valence-corrected chi connectivity index (χ1v) is 8.80. The number of carbonyl (C=O) groups excluding carboxylic acids is 1. The molecule has 0 bridgehead atoms. The fraction of sp³-hybridized carbons (Fsp3) is 0.316. The van der Waals surface area contributed by atoms with Gasteiger partial charge in [-0.05, 0) is 42.7 Å². The molecule has 138 valence electrons. The van der Waals surface area contributed by atoms with E-state index < -0.39 is 0 Å². The topological polar surface area (TPSA) is 75.6 Å². The molecular formula is C19H23ClN4O2. The molecule has 0 amide bonds. The van der Waals surface area contributed by atoms with E-state index in [4.69, 9.17) is 16.3 Å². The van der Waals surface area contributed by atoms with Crippen molar-refractivity contribution in [3.63, 3.8) is 0 Å². The highest BCUT2D eigenvalue weighted by Gasteiger charge is 2.04. The Hall–Kier alpha value is -2.60. The molecule has 26 heavy (non-hydrogen) atoms. The minimum absolute atomic E-state index is 0.341. The molecule has 7 heteroatoms. The summed E-state index contributed by atoms with van der Waals surface area (Å²) in [6.45, 7) is 4.04. The number of pyridine rings is 1. The first-order chi connectivity index (χ1) is 12.6. The van der Waals surface area contributed by atoms with Crippen LogP contribution in [0, 0.1) is 0 Å². The quantitative estimate of drug-likeness (QED) is 0.337. The van der Waals surface area contributed by atoms with E-state index >= 15 is 0 Å². The number of aliphatic imine (C=N–C) groups is 1. The fourth-order valence-corrected chi connectivity index (χ4v) is 2.37. The molecule has 0 atom stereocenters. The van der Waals surface area contributed by atoms with Crippen LogP contribution >= 0.6 is 11.6 Å². The number of guanidine groups is 1. The van der Waals surface area contributed by atoms with Crippen molar-refractivity contribution in [1.29, 1.82) is 0 Å². The van der Waals surface area contributed by atoms with Gasteiger partial charge in [0.1, 0.15) is 5.15 Å². The van der Waals surface area contributed by atoms with Crippen LogP contribution in [-0.2, 0) is 17.7 Å². The predicted octanol–water partition coefficient (Wildman–Crippen LogP) is 2.82. The van der Waals surface area contributed by atoms with Crippen molar-refractivity contribution in [2.75, 3.05) is 20.2 Å². The molecule has 0 aliphatic heterocycles. The highest BCUT2D eigenvalue weighted by atomic mass is 35.5. The number of aromatic nitrogens is 1. The van der Waals surface area contributed by atoms with E-state index in [1.54, 1.807) is 24.4 Å².